The molecule has 16 heavy (non-hydrogen) atoms. The number of amides is 1. The van der Waals surface area contributed by atoms with Crippen LogP contribution in [-0.2, 0) is 11.3 Å². The van der Waals surface area contributed by atoms with E-state index < -0.39 is 0 Å². The Morgan fingerprint density at radius 2 is 2.19 bits per heavy atom. The van der Waals surface area contributed by atoms with E-state index in [0.717, 1.165) is 24.1 Å². The van der Waals surface area contributed by atoms with Gasteiger partial charge in [-0.25, -0.2) is 0 Å². The van der Waals surface area contributed by atoms with E-state index in [4.69, 9.17) is 0 Å². The Bertz CT molecular complexity index is 394. The monoisotopic (exact) mass is 282 g/mol. The normalized spacial score (nSPS) is 17.9. The van der Waals surface area contributed by atoms with Crippen LogP contribution in [0.3, 0.4) is 0 Å². The maximum absolute atomic E-state index is 11.5. The van der Waals surface area contributed by atoms with Gasteiger partial charge in [-0.15, -0.1) is 0 Å². The van der Waals surface area contributed by atoms with Crippen LogP contribution < -0.4 is 0 Å². The van der Waals surface area contributed by atoms with Crippen LogP contribution in [-0.4, -0.2) is 42.4 Å². The van der Waals surface area contributed by atoms with Crippen LogP contribution in [0.15, 0.2) is 28.7 Å². The Morgan fingerprint density at radius 1 is 1.38 bits per heavy atom. The Kier molecular flexibility index (Phi) is 3.61. The van der Waals surface area contributed by atoms with Crippen LogP contribution in [0.25, 0.3) is 0 Å². The Morgan fingerprint density at radius 3 is 2.88 bits per heavy atom. The maximum Gasteiger partial charge on any atom is 0.236 e. The van der Waals surface area contributed by atoms with Crippen molar-refractivity contribution in [1.29, 1.82) is 0 Å². The molecule has 1 heterocycles. The fourth-order valence-electron chi connectivity index (χ4n) is 1.84. The molecule has 1 amide bonds. The van der Waals surface area contributed by atoms with Gasteiger partial charge in [0.05, 0.1) is 6.54 Å². The zero-order valence-corrected chi connectivity index (χ0v) is 10.9. The van der Waals surface area contributed by atoms with Crippen molar-refractivity contribution in [2.75, 3.05) is 26.7 Å². The first-order chi connectivity index (χ1) is 7.65. The Balaban J connectivity index is 1.98. The Labute approximate surface area is 104 Å². The lowest BCUT2D eigenvalue weighted by Crippen LogP contribution is -2.47. The molecule has 0 spiro atoms. The highest BCUT2D eigenvalue weighted by atomic mass is 79.9. The molecular formula is C12H15BrN2O. The minimum Gasteiger partial charge on any atom is -0.343 e. The molecule has 1 aromatic carbocycles. The molecule has 0 unspecified atom stereocenters. The fourth-order valence-corrected chi connectivity index (χ4v) is 2.28. The third kappa shape index (κ3) is 2.83. The van der Waals surface area contributed by atoms with Gasteiger partial charge in [0.25, 0.3) is 0 Å². The highest BCUT2D eigenvalue weighted by Crippen LogP contribution is 2.14. The minimum absolute atomic E-state index is 0.209. The number of halogens is 1. The van der Waals surface area contributed by atoms with Gasteiger partial charge in [-0.3, -0.25) is 9.69 Å². The van der Waals surface area contributed by atoms with Gasteiger partial charge in [0.15, 0.2) is 0 Å². The molecule has 1 aliphatic heterocycles. The summed E-state index contributed by atoms with van der Waals surface area (Å²) in [6.45, 7) is 3.16. The van der Waals surface area contributed by atoms with E-state index in [1.807, 2.05) is 19.2 Å². The van der Waals surface area contributed by atoms with Gasteiger partial charge < -0.3 is 4.90 Å². The molecule has 1 fully saturated rings. The number of benzene rings is 1. The number of carbonyl (C=O) groups is 1. The maximum atomic E-state index is 11.5. The van der Waals surface area contributed by atoms with E-state index >= 15 is 0 Å². The van der Waals surface area contributed by atoms with Crippen LogP contribution in [0.5, 0.6) is 0 Å². The van der Waals surface area contributed by atoms with E-state index in [1.165, 1.54) is 5.56 Å². The van der Waals surface area contributed by atoms with Gasteiger partial charge in [0.1, 0.15) is 0 Å². The van der Waals surface area contributed by atoms with Gasteiger partial charge in [-0.1, -0.05) is 28.1 Å². The van der Waals surface area contributed by atoms with Crippen molar-refractivity contribution in [3.05, 3.63) is 34.3 Å². The second kappa shape index (κ2) is 4.97. The quantitative estimate of drug-likeness (QED) is 0.825. The van der Waals surface area contributed by atoms with Gasteiger partial charge in [-0.2, -0.15) is 0 Å². The third-order valence-corrected chi connectivity index (χ3v) is 3.32. The first-order valence-electron chi connectivity index (χ1n) is 5.36. The standard InChI is InChI=1S/C12H15BrN2O/c1-14-5-6-15(9-12(14)16)8-10-3-2-4-11(13)7-10/h2-4,7H,5-6,8-9H2,1H3. The summed E-state index contributed by atoms with van der Waals surface area (Å²) in [6, 6.07) is 8.23. The van der Waals surface area contributed by atoms with Crippen LogP contribution in [0.4, 0.5) is 0 Å². The average molecular weight is 283 g/mol. The highest BCUT2D eigenvalue weighted by Gasteiger charge is 2.20. The lowest BCUT2D eigenvalue weighted by molar-refractivity contribution is -0.134. The number of hydrogen-bond donors (Lipinski definition) is 0. The van der Waals surface area contributed by atoms with Gasteiger partial charge in [0, 0.05) is 31.2 Å². The molecule has 0 aromatic heterocycles. The number of piperazine rings is 1. The molecule has 3 nitrogen and oxygen atoms in total. The number of rotatable bonds is 2. The van der Waals surface area contributed by atoms with Crippen molar-refractivity contribution in [2.45, 2.75) is 6.54 Å². The molecule has 2 rings (SSSR count). The van der Waals surface area contributed by atoms with Crippen molar-refractivity contribution < 1.29 is 4.79 Å². The molecule has 0 N–H and O–H groups in total. The zero-order valence-electron chi connectivity index (χ0n) is 9.32. The van der Waals surface area contributed by atoms with Gasteiger partial charge in [-0.05, 0) is 17.7 Å². The topological polar surface area (TPSA) is 23.6 Å². The molecular weight excluding hydrogens is 268 g/mol. The first kappa shape index (κ1) is 11.6. The van der Waals surface area contributed by atoms with Crippen molar-refractivity contribution in [3.8, 4) is 0 Å². The molecule has 0 saturated carbocycles. The van der Waals surface area contributed by atoms with E-state index in [2.05, 4.69) is 33.0 Å². The summed E-state index contributed by atoms with van der Waals surface area (Å²) in [5.74, 6) is 0.209. The predicted molar refractivity (Wildman–Crippen MR) is 67.1 cm³/mol. The van der Waals surface area contributed by atoms with Crippen molar-refractivity contribution in [1.82, 2.24) is 9.80 Å². The van der Waals surface area contributed by atoms with Gasteiger partial charge in [0.2, 0.25) is 5.91 Å². The molecule has 1 aromatic rings. The van der Waals surface area contributed by atoms with E-state index in [9.17, 15) is 4.79 Å². The second-order valence-electron chi connectivity index (χ2n) is 4.16. The SMILES string of the molecule is CN1CCN(Cc2cccc(Br)c2)CC1=O. The molecule has 1 aliphatic rings. The van der Waals surface area contributed by atoms with Crippen molar-refractivity contribution >= 4 is 21.8 Å². The smallest absolute Gasteiger partial charge is 0.236 e. The van der Waals surface area contributed by atoms with Crippen molar-refractivity contribution in [2.24, 2.45) is 0 Å². The first-order valence-corrected chi connectivity index (χ1v) is 6.15. The molecule has 0 aliphatic carbocycles. The summed E-state index contributed by atoms with van der Waals surface area (Å²) in [5.41, 5.74) is 1.24. The summed E-state index contributed by atoms with van der Waals surface area (Å²) in [6.07, 6.45) is 0. The fraction of sp³-hybridized carbons (Fsp3) is 0.417. The highest BCUT2D eigenvalue weighted by molar-refractivity contribution is 9.10. The summed E-state index contributed by atoms with van der Waals surface area (Å²) in [7, 11) is 1.86. The Hall–Kier alpha value is -0.870. The summed E-state index contributed by atoms with van der Waals surface area (Å²) in [5, 5.41) is 0. The molecule has 4 heteroatoms. The summed E-state index contributed by atoms with van der Waals surface area (Å²) < 4.78 is 1.09. The van der Waals surface area contributed by atoms with E-state index in [1.54, 1.807) is 4.90 Å². The average Bonchev–Trinajstić information content (AvgIpc) is 2.24. The largest absolute Gasteiger partial charge is 0.343 e. The van der Waals surface area contributed by atoms with Gasteiger partial charge >= 0.3 is 0 Å². The van der Waals surface area contributed by atoms with Crippen LogP contribution in [0, 0.1) is 0 Å². The molecule has 86 valence electrons. The molecule has 0 radical (unpaired) electrons. The summed E-state index contributed by atoms with van der Waals surface area (Å²) >= 11 is 3.45. The van der Waals surface area contributed by atoms with Crippen molar-refractivity contribution in [3.63, 3.8) is 0 Å². The third-order valence-electron chi connectivity index (χ3n) is 2.83. The molecule has 1 saturated heterocycles. The van der Waals surface area contributed by atoms with E-state index in [0.29, 0.717) is 6.54 Å². The number of carbonyl (C=O) groups excluding carboxylic acids is 1. The zero-order chi connectivity index (χ0) is 11.5. The van der Waals surface area contributed by atoms with E-state index in [-0.39, 0.29) is 5.91 Å². The number of likely N-dealkylation sites (N-methyl/N-ethyl adjacent to an activating group) is 1. The predicted octanol–water partition coefficient (Wildman–Crippen LogP) is 1.72. The lowest BCUT2D eigenvalue weighted by Gasteiger charge is -2.31. The minimum atomic E-state index is 0.209. The van der Waals surface area contributed by atoms with Crippen LogP contribution in [0.1, 0.15) is 5.56 Å². The molecule has 0 bridgehead atoms. The summed E-state index contributed by atoms with van der Waals surface area (Å²) in [4.78, 5) is 15.5. The lowest BCUT2D eigenvalue weighted by atomic mass is 10.2. The second-order valence-corrected chi connectivity index (χ2v) is 5.07. The van der Waals surface area contributed by atoms with Crippen LogP contribution >= 0.6 is 15.9 Å². The van der Waals surface area contributed by atoms with Crippen LogP contribution in [0.2, 0.25) is 0 Å². The number of hydrogen-bond acceptors (Lipinski definition) is 2. The molecule has 0 atom stereocenters. The number of nitrogens with zero attached hydrogens (tertiary/aromatic N) is 2.